The van der Waals surface area contributed by atoms with Crippen LogP contribution in [0, 0.1) is 22.2 Å². The predicted molar refractivity (Wildman–Crippen MR) is 107 cm³/mol. The third kappa shape index (κ3) is 4.46. The number of aryl methyl sites for hydroxylation is 1. The summed E-state index contributed by atoms with van der Waals surface area (Å²) in [5.41, 5.74) is 3.68. The maximum Gasteiger partial charge on any atom is 0.269 e. The number of hydrogen-bond donors (Lipinski definition) is 0. The maximum atomic E-state index is 13.0. The minimum atomic E-state index is -0.439. The van der Waals surface area contributed by atoms with Crippen molar-refractivity contribution in [3.05, 3.63) is 117 Å². The Kier molecular flexibility index (Phi) is 5.42. The van der Waals surface area contributed by atoms with Gasteiger partial charge in [0.25, 0.3) is 5.69 Å². The lowest BCUT2D eigenvalue weighted by molar-refractivity contribution is -0.384. The van der Waals surface area contributed by atoms with E-state index in [1.165, 1.54) is 12.1 Å². The van der Waals surface area contributed by atoms with Crippen LogP contribution in [0.25, 0.3) is 6.08 Å². The minimum Gasteiger partial charge on any atom is -0.618 e. The maximum absolute atomic E-state index is 13.0. The minimum absolute atomic E-state index is 0.0320. The van der Waals surface area contributed by atoms with E-state index in [4.69, 9.17) is 0 Å². The molecule has 0 aliphatic rings. The summed E-state index contributed by atoms with van der Waals surface area (Å²) in [5.74, 6) is 0. The van der Waals surface area contributed by atoms with E-state index in [0.29, 0.717) is 11.4 Å². The van der Waals surface area contributed by atoms with Gasteiger partial charge >= 0.3 is 0 Å². The SMILES string of the molecule is Cc1ccc(/[N+]([O-])=C(/C=C/c2ccc([N+](=O)[O-])cc2)c2ccccc2)cc1. The zero-order valence-corrected chi connectivity index (χ0v) is 14.8. The van der Waals surface area contributed by atoms with Crippen LogP contribution >= 0.6 is 0 Å². The standard InChI is InChI=1S/C22H18N2O3/c1-17-7-12-20(13-8-17)23(25)22(19-5-3-2-4-6-19)16-11-18-9-14-21(15-10-18)24(26)27/h2-16H,1H3/b16-11+,23-22+. The Morgan fingerprint density at radius 2 is 1.41 bits per heavy atom. The Hall–Kier alpha value is -3.73. The monoisotopic (exact) mass is 358 g/mol. The first kappa shape index (κ1) is 18.1. The zero-order valence-electron chi connectivity index (χ0n) is 14.8. The highest BCUT2D eigenvalue weighted by Crippen LogP contribution is 2.17. The molecule has 0 spiro atoms. The van der Waals surface area contributed by atoms with Gasteiger partial charge in [-0.1, -0.05) is 35.9 Å². The average Bonchev–Trinajstić information content (AvgIpc) is 2.69. The molecule has 0 aliphatic heterocycles. The first-order chi connectivity index (χ1) is 13.0. The van der Waals surface area contributed by atoms with E-state index in [2.05, 4.69) is 0 Å². The van der Waals surface area contributed by atoms with Crippen LogP contribution in [0.3, 0.4) is 0 Å². The van der Waals surface area contributed by atoms with E-state index in [0.717, 1.165) is 21.4 Å². The topological polar surface area (TPSA) is 69.2 Å². The summed E-state index contributed by atoms with van der Waals surface area (Å²) >= 11 is 0. The van der Waals surface area contributed by atoms with Crippen molar-refractivity contribution in [1.29, 1.82) is 0 Å². The molecule has 0 aliphatic carbocycles. The van der Waals surface area contributed by atoms with Gasteiger partial charge < -0.3 is 5.21 Å². The van der Waals surface area contributed by atoms with Gasteiger partial charge in [0.05, 0.1) is 4.92 Å². The fourth-order valence-corrected chi connectivity index (χ4v) is 2.59. The summed E-state index contributed by atoms with van der Waals surface area (Å²) in [4.78, 5) is 10.3. The van der Waals surface area contributed by atoms with Gasteiger partial charge in [0, 0.05) is 35.9 Å². The molecular weight excluding hydrogens is 340 g/mol. The van der Waals surface area contributed by atoms with E-state index in [1.807, 2.05) is 49.4 Å². The van der Waals surface area contributed by atoms with Gasteiger partial charge in [0.2, 0.25) is 11.4 Å². The van der Waals surface area contributed by atoms with Crippen LogP contribution in [0.4, 0.5) is 11.4 Å². The summed E-state index contributed by atoms with van der Waals surface area (Å²) in [5, 5.41) is 23.7. The van der Waals surface area contributed by atoms with Gasteiger partial charge in [-0.15, -0.1) is 0 Å². The molecule has 0 saturated heterocycles. The number of non-ortho nitro benzene ring substituents is 1. The molecule has 0 N–H and O–H groups in total. The number of hydrogen-bond acceptors (Lipinski definition) is 3. The van der Waals surface area contributed by atoms with Crippen molar-refractivity contribution in [3.8, 4) is 0 Å². The second-order valence-electron chi connectivity index (χ2n) is 6.06. The molecule has 0 aromatic heterocycles. The quantitative estimate of drug-likeness (QED) is 0.206. The van der Waals surface area contributed by atoms with Crippen LogP contribution in [-0.2, 0) is 0 Å². The van der Waals surface area contributed by atoms with Crippen molar-refractivity contribution >= 4 is 23.2 Å². The van der Waals surface area contributed by atoms with Gasteiger partial charge in [-0.25, -0.2) is 0 Å². The average molecular weight is 358 g/mol. The Morgan fingerprint density at radius 3 is 2.00 bits per heavy atom. The van der Waals surface area contributed by atoms with E-state index < -0.39 is 4.92 Å². The van der Waals surface area contributed by atoms with E-state index in [1.54, 1.807) is 36.4 Å². The summed E-state index contributed by atoms with van der Waals surface area (Å²) < 4.78 is 0.886. The smallest absolute Gasteiger partial charge is 0.269 e. The second kappa shape index (κ2) is 8.10. The van der Waals surface area contributed by atoms with E-state index >= 15 is 0 Å². The number of rotatable bonds is 5. The molecule has 0 radical (unpaired) electrons. The van der Waals surface area contributed by atoms with Gasteiger partial charge in [-0.05, 0) is 42.8 Å². The van der Waals surface area contributed by atoms with Crippen molar-refractivity contribution in [2.75, 3.05) is 0 Å². The lowest BCUT2D eigenvalue weighted by atomic mass is 10.1. The largest absolute Gasteiger partial charge is 0.618 e. The first-order valence-corrected chi connectivity index (χ1v) is 8.43. The van der Waals surface area contributed by atoms with Crippen LogP contribution in [0.5, 0.6) is 0 Å². The van der Waals surface area contributed by atoms with Crippen molar-refractivity contribution in [3.63, 3.8) is 0 Å². The highest BCUT2D eigenvalue weighted by atomic mass is 16.6. The van der Waals surface area contributed by atoms with Crippen LogP contribution < -0.4 is 0 Å². The number of nitro groups is 1. The van der Waals surface area contributed by atoms with Crippen molar-refractivity contribution in [1.82, 2.24) is 0 Å². The molecule has 0 bridgehead atoms. The lowest BCUT2D eigenvalue weighted by Gasteiger charge is -2.08. The zero-order chi connectivity index (χ0) is 19.2. The fraction of sp³-hybridized carbons (Fsp3) is 0.0455. The number of benzene rings is 3. The molecule has 0 atom stereocenters. The summed E-state index contributed by atoms with van der Waals surface area (Å²) in [6.07, 6.45) is 3.49. The second-order valence-corrected chi connectivity index (χ2v) is 6.06. The Morgan fingerprint density at radius 1 is 0.815 bits per heavy atom. The van der Waals surface area contributed by atoms with Crippen molar-refractivity contribution in [2.45, 2.75) is 6.92 Å². The Labute approximate surface area is 157 Å². The molecule has 0 fully saturated rings. The van der Waals surface area contributed by atoms with Crippen LogP contribution in [0.1, 0.15) is 16.7 Å². The van der Waals surface area contributed by atoms with Gasteiger partial charge in [-0.2, -0.15) is 4.74 Å². The first-order valence-electron chi connectivity index (χ1n) is 8.43. The molecule has 0 amide bonds. The molecule has 0 heterocycles. The van der Waals surface area contributed by atoms with E-state index in [-0.39, 0.29) is 5.69 Å². The van der Waals surface area contributed by atoms with Crippen molar-refractivity contribution in [2.24, 2.45) is 0 Å². The molecule has 3 aromatic rings. The molecule has 0 saturated carbocycles. The van der Waals surface area contributed by atoms with Gasteiger partial charge in [0.1, 0.15) is 0 Å². The normalized spacial score (nSPS) is 12.0. The molecule has 27 heavy (non-hydrogen) atoms. The molecule has 5 nitrogen and oxygen atoms in total. The van der Waals surface area contributed by atoms with Crippen LogP contribution in [0.15, 0.2) is 84.9 Å². The van der Waals surface area contributed by atoms with Crippen LogP contribution in [0.2, 0.25) is 0 Å². The highest BCUT2D eigenvalue weighted by molar-refractivity contribution is 6.08. The third-order valence-electron chi connectivity index (χ3n) is 4.09. The van der Waals surface area contributed by atoms with Gasteiger partial charge in [-0.3, -0.25) is 10.1 Å². The predicted octanol–water partition coefficient (Wildman–Crippen LogP) is 5.25. The highest BCUT2D eigenvalue weighted by Gasteiger charge is 2.12. The Balaban J connectivity index is 2.01. The molecule has 134 valence electrons. The lowest BCUT2D eigenvalue weighted by Crippen LogP contribution is -2.10. The number of nitrogens with zero attached hydrogens (tertiary/aromatic N) is 2. The van der Waals surface area contributed by atoms with Crippen LogP contribution in [-0.4, -0.2) is 15.4 Å². The molecular formula is C22H18N2O3. The van der Waals surface area contributed by atoms with Crippen molar-refractivity contribution < 1.29 is 9.66 Å². The Bertz CT molecular complexity index is 990. The molecule has 5 heteroatoms. The molecule has 3 aromatic carbocycles. The molecule has 0 unspecified atom stereocenters. The number of allylic oxidation sites excluding steroid dienone is 1. The van der Waals surface area contributed by atoms with E-state index in [9.17, 15) is 15.3 Å². The van der Waals surface area contributed by atoms with Gasteiger partial charge in [0.15, 0.2) is 0 Å². The summed E-state index contributed by atoms with van der Waals surface area (Å²) in [6.45, 7) is 1.97. The number of nitro benzene ring substituents is 1. The summed E-state index contributed by atoms with van der Waals surface area (Å²) in [6, 6.07) is 22.9. The fourth-order valence-electron chi connectivity index (χ4n) is 2.59. The third-order valence-corrected chi connectivity index (χ3v) is 4.09. The molecule has 3 rings (SSSR count). The summed E-state index contributed by atoms with van der Waals surface area (Å²) in [7, 11) is 0.